The summed E-state index contributed by atoms with van der Waals surface area (Å²) in [5, 5.41) is 8.26. The molecule has 2 atom stereocenters. The summed E-state index contributed by atoms with van der Waals surface area (Å²) in [5.74, 6) is 0.985. The van der Waals surface area contributed by atoms with Crippen LogP contribution >= 0.6 is 0 Å². The van der Waals surface area contributed by atoms with Crippen molar-refractivity contribution in [3.8, 4) is 0 Å². The van der Waals surface area contributed by atoms with Crippen molar-refractivity contribution in [1.82, 2.24) is 19.2 Å². The van der Waals surface area contributed by atoms with E-state index in [2.05, 4.69) is 19.8 Å². The van der Waals surface area contributed by atoms with Crippen LogP contribution in [-0.4, -0.2) is 67.9 Å². The minimum absolute atomic E-state index is 0.000855. The van der Waals surface area contributed by atoms with E-state index in [1.165, 1.54) is 6.07 Å². The second-order valence-electron chi connectivity index (χ2n) is 10.3. The van der Waals surface area contributed by atoms with Gasteiger partial charge in [-0.25, -0.2) is 4.39 Å². The molecule has 5 rings (SSSR count). The van der Waals surface area contributed by atoms with Crippen molar-refractivity contribution in [3.63, 3.8) is 0 Å². The molecule has 1 saturated carbocycles. The van der Waals surface area contributed by atoms with Crippen molar-refractivity contribution < 1.29 is 17.5 Å². The van der Waals surface area contributed by atoms with E-state index >= 15 is 0 Å². The van der Waals surface area contributed by atoms with Crippen molar-refractivity contribution in [3.05, 3.63) is 54.0 Å². The normalized spacial score (nSPS) is 27.9. The van der Waals surface area contributed by atoms with Crippen molar-refractivity contribution >= 4 is 16.0 Å². The number of piperidine rings is 1. The molecule has 2 aromatic rings. The van der Waals surface area contributed by atoms with Crippen molar-refractivity contribution in [2.75, 3.05) is 37.7 Å². The first-order valence-corrected chi connectivity index (χ1v) is 14.6. The van der Waals surface area contributed by atoms with Crippen LogP contribution in [-0.2, 0) is 14.9 Å². The Morgan fingerprint density at radius 3 is 2.56 bits per heavy atom. The average molecular weight is 518 g/mol. The van der Waals surface area contributed by atoms with E-state index in [-0.39, 0.29) is 23.9 Å². The van der Waals surface area contributed by atoms with Gasteiger partial charge in [-0.15, -0.1) is 5.10 Å². The molecule has 10 heteroatoms. The van der Waals surface area contributed by atoms with E-state index in [1.54, 1.807) is 22.6 Å². The van der Waals surface area contributed by atoms with E-state index in [4.69, 9.17) is 4.74 Å². The summed E-state index contributed by atoms with van der Waals surface area (Å²) in [6.45, 7) is 3.03. The number of halogens is 1. The molecule has 8 nitrogen and oxygen atoms in total. The Morgan fingerprint density at radius 1 is 1.03 bits per heavy atom. The second-order valence-corrected chi connectivity index (χ2v) is 12.0. The van der Waals surface area contributed by atoms with Gasteiger partial charge in [0.25, 0.3) is 10.2 Å². The van der Waals surface area contributed by atoms with Gasteiger partial charge in [0.1, 0.15) is 5.82 Å². The number of aromatic nitrogens is 2. The largest absolute Gasteiger partial charge is 0.378 e. The van der Waals surface area contributed by atoms with Gasteiger partial charge in [0.05, 0.1) is 12.7 Å². The minimum Gasteiger partial charge on any atom is -0.378 e. The maximum atomic E-state index is 13.6. The molecular formula is C26H36FN5O3S. The number of rotatable bonds is 8. The van der Waals surface area contributed by atoms with Crippen molar-refractivity contribution in [1.29, 1.82) is 0 Å². The highest BCUT2D eigenvalue weighted by Gasteiger charge is 2.36. The van der Waals surface area contributed by atoms with Gasteiger partial charge in [-0.1, -0.05) is 12.1 Å². The van der Waals surface area contributed by atoms with Gasteiger partial charge in [0.2, 0.25) is 0 Å². The molecule has 196 valence electrons. The SMILES string of the molecule is O=S(=O)(NC1CCN(c2cccnn2)CC1CO[C@H]1CC[C@@H](c2cccc(F)c2)CC1)N1CCCC1. The number of hydrogen-bond donors (Lipinski definition) is 1. The van der Waals surface area contributed by atoms with Gasteiger partial charge in [-0.2, -0.15) is 22.5 Å². The van der Waals surface area contributed by atoms with Crippen LogP contribution < -0.4 is 9.62 Å². The van der Waals surface area contributed by atoms with E-state index in [0.717, 1.165) is 49.9 Å². The molecule has 0 spiro atoms. The number of ether oxygens (including phenoxy) is 1. The molecule has 3 aliphatic rings. The number of benzene rings is 1. The lowest BCUT2D eigenvalue weighted by Crippen LogP contribution is -2.55. The average Bonchev–Trinajstić information content (AvgIpc) is 3.45. The topological polar surface area (TPSA) is 87.7 Å². The van der Waals surface area contributed by atoms with Crippen LogP contribution in [0.25, 0.3) is 0 Å². The maximum absolute atomic E-state index is 13.6. The van der Waals surface area contributed by atoms with Crippen LogP contribution in [0.1, 0.15) is 56.4 Å². The fourth-order valence-corrected chi connectivity index (χ4v) is 7.38. The van der Waals surface area contributed by atoms with E-state index in [1.807, 2.05) is 18.2 Å². The number of nitrogens with zero attached hydrogens (tertiary/aromatic N) is 4. The predicted octanol–water partition coefficient (Wildman–Crippen LogP) is 3.48. The lowest BCUT2D eigenvalue weighted by atomic mass is 9.82. The quantitative estimate of drug-likeness (QED) is 0.577. The summed E-state index contributed by atoms with van der Waals surface area (Å²) in [7, 11) is -3.51. The second kappa shape index (κ2) is 11.5. The van der Waals surface area contributed by atoms with Gasteiger partial charge in [-0.05, 0) is 80.7 Å². The van der Waals surface area contributed by atoms with Crippen molar-refractivity contribution in [2.45, 2.75) is 63.0 Å². The van der Waals surface area contributed by atoms with Gasteiger partial charge in [-0.3, -0.25) is 0 Å². The molecule has 36 heavy (non-hydrogen) atoms. The standard InChI is InChI=1S/C26H36FN5O3S/c27-23-6-3-5-21(17-23)20-8-10-24(11-9-20)35-19-22-18-31(26-7-4-13-28-29-26)16-12-25(22)30-36(33,34)32-14-1-2-15-32/h3-7,13,17,20,22,24-25,30H,1-2,8-12,14-16,18-19H2/t20-,22?,24+,25?. The first kappa shape index (κ1) is 25.5. The lowest BCUT2D eigenvalue weighted by Gasteiger charge is -2.40. The first-order valence-electron chi connectivity index (χ1n) is 13.1. The molecule has 1 N–H and O–H groups in total. The molecule has 3 fully saturated rings. The third-order valence-corrected chi connectivity index (χ3v) is 9.51. The fraction of sp³-hybridized carbons (Fsp3) is 0.615. The van der Waals surface area contributed by atoms with Gasteiger partial charge in [0, 0.05) is 44.3 Å². The van der Waals surface area contributed by atoms with Crippen LogP contribution in [0.2, 0.25) is 0 Å². The summed E-state index contributed by atoms with van der Waals surface area (Å²) >= 11 is 0. The summed E-state index contributed by atoms with van der Waals surface area (Å²) in [6.07, 6.45) is 8.08. The zero-order chi connectivity index (χ0) is 25.0. The summed E-state index contributed by atoms with van der Waals surface area (Å²) in [5.41, 5.74) is 1.07. The van der Waals surface area contributed by atoms with E-state index in [9.17, 15) is 12.8 Å². The van der Waals surface area contributed by atoms with Crippen LogP contribution in [0.15, 0.2) is 42.6 Å². The van der Waals surface area contributed by atoms with Gasteiger partial charge >= 0.3 is 0 Å². The smallest absolute Gasteiger partial charge is 0.279 e. The third-order valence-electron chi connectivity index (χ3n) is 7.86. The van der Waals surface area contributed by atoms with Crippen LogP contribution in [0.4, 0.5) is 10.2 Å². The Labute approximate surface area is 213 Å². The monoisotopic (exact) mass is 517 g/mol. The Hall–Kier alpha value is -2.14. The molecule has 0 amide bonds. The molecule has 1 aromatic heterocycles. The van der Waals surface area contributed by atoms with Crippen LogP contribution in [0.3, 0.4) is 0 Å². The lowest BCUT2D eigenvalue weighted by molar-refractivity contribution is -0.00225. The third kappa shape index (κ3) is 6.22. The molecule has 0 bridgehead atoms. The Bertz CT molecular complexity index is 1090. The summed E-state index contributed by atoms with van der Waals surface area (Å²) < 4.78 is 50.6. The Kier molecular flexibility index (Phi) is 8.15. The Balaban J connectivity index is 1.21. The maximum Gasteiger partial charge on any atom is 0.279 e. The number of anilines is 1. The molecule has 2 saturated heterocycles. The predicted molar refractivity (Wildman–Crippen MR) is 136 cm³/mol. The number of nitrogens with one attached hydrogen (secondary N) is 1. The van der Waals surface area contributed by atoms with Gasteiger partial charge in [0.15, 0.2) is 5.82 Å². The van der Waals surface area contributed by atoms with Gasteiger partial charge < -0.3 is 9.64 Å². The zero-order valence-corrected chi connectivity index (χ0v) is 21.5. The zero-order valence-electron chi connectivity index (χ0n) is 20.6. The molecule has 0 radical (unpaired) electrons. The Morgan fingerprint density at radius 2 is 1.83 bits per heavy atom. The fourth-order valence-electron chi connectivity index (χ4n) is 5.80. The van der Waals surface area contributed by atoms with Crippen LogP contribution in [0.5, 0.6) is 0 Å². The van der Waals surface area contributed by atoms with E-state index < -0.39 is 10.2 Å². The molecule has 1 aliphatic carbocycles. The summed E-state index contributed by atoms with van der Waals surface area (Å²) in [6, 6.07) is 10.5. The molecule has 1 aromatic carbocycles. The van der Waals surface area contributed by atoms with Crippen molar-refractivity contribution in [2.24, 2.45) is 5.92 Å². The van der Waals surface area contributed by atoms with Crippen LogP contribution in [0, 0.1) is 11.7 Å². The highest BCUT2D eigenvalue weighted by molar-refractivity contribution is 7.87. The van der Waals surface area contributed by atoms with E-state index in [0.29, 0.717) is 45.1 Å². The number of hydrogen-bond acceptors (Lipinski definition) is 6. The summed E-state index contributed by atoms with van der Waals surface area (Å²) in [4.78, 5) is 2.17. The molecule has 3 heterocycles. The highest BCUT2D eigenvalue weighted by atomic mass is 32.2. The molecular weight excluding hydrogens is 481 g/mol. The highest BCUT2D eigenvalue weighted by Crippen LogP contribution is 2.35. The first-order chi connectivity index (χ1) is 17.5. The molecule has 2 aliphatic heterocycles. The minimum atomic E-state index is -3.51. The molecule has 2 unspecified atom stereocenters.